The molecule has 3 heteroatoms. The van der Waals surface area contributed by atoms with E-state index in [0.29, 0.717) is 11.5 Å². The lowest BCUT2D eigenvalue weighted by Gasteiger charge is -2.18. The molecule has 3 nitrogen and oxygen atoms in total. The SMILES string of the molecule is O=Cc1ccc2c(C3CCCCC3)onc2c1. The predicted octanol–water partition coefficient (Wildman–Crippen LogP) is 3.69. The lowest BCUT2D eigenvalue weighted by molar-refractivity contribution is 0.112. The molecule has 1 aromatic heterocycles. The Balaban J connectivity index is 2.02. The van der Waals surface area contributed by atoms with Crippen molar-refractivity contribution in [2.24, 2.45) is 0 Å². The highest BCUT2D eigenvalue weighted by Crippen LogP contribution is 2.36. The van der Waals surface area contributed by atoms with Crippen LogP contribution in [0.2, 0.25) is 0 Å². The summed E-state index contributed by atoms with van der Waals surface area (Å²) in [5, 5.41) is 5.14. The van der Waals surface area contributed by atoms with Gasteiger partial charge in [-0.05, 0) is 25.0 Å². The molecule has 1 heterocycles. The number of fused-ring (bicyclic) bond motifs is 1. The second-order valence-corrected chi connectivity index (χ2v) is 4.78. The lowest BCUT2D eigenvalue weighted by Crippen LogP contribution is -2.03. The molecule has 1 aromatic carbocycles. The zero-order valence-electron chi connectivity index (χ0n) is 9.69. The molecule has 0 unspecified atom stereocenters. The molecule has 17 heavy (non-hydrogen) atoms. The standard InChI is InChI=1S/C14H15NO2/c16-9-10-6-7-12-13(8-10)15-17-14(12)11-4-2-1-3-5-11/h6-9,11H,1-5H2. The van der Waals surface area contributed by atoms with Crippen molar-refractivity contribution in [2.45, 2.75) is 38.0 Å². The van der Waals surface area contributed by atoms with E-state index in [1.54, 1.807) is 6.07 Å². The molecule has 0 atom stereocenters. The van der Waals surface area contributed by atoms with Gasteiger partial charge in [-0.15, -0.1) is 0 Å². The molecule has 1 fully saturated rings. The summed E-state index contributed by atoms with van der Waals surface area (Å²) in [4.78, 5) is 10.7. The summed E-state index contributed by atoms with van der Waals surface area (Å²) in [6.45, 7) is 0. The molecule has 0 amide bonds. The Bertz CT molecular complexity index is 538. The van der Waals surface area contributed by atoms with Gasteiger partial charge in [0.15, 0.2) is 0 Å². The van der Waals surface area contributed by atoms with E-state index < -0.39 is 0 Å². The highest BCUT2D eigenvalue weighted by atomic mass is 16.5. The van der Waals surface area contributed by atoms with Crippen LogP contribution >= 0.6 is 0 Å². The Kier molecular flexibility index (Phi) is 2.67. The van der Waals surface area contributed by atoms with Crippen LogP contribution in [0.5, 0.6) is 0 Å². The first-order chi connectivity index (χ1) is 8.38. The molecule has 1 aliphatic carbocycles. The van der Waals surface area contributed by atoms with Crippen molar-refractivity contribution in [1.29, 1.82) is 0 Å². The van der Waals surface area contributed by atoms with E-state index in [1.165, 1.54) is 32.1 Å². The summed E-state index contributed by atoms with van der Waals surface area (Å²) in [5.74, 6) is 1.52. The maximum absolute atomic E-state index is 10.7. The van der Waals surface area contributed by atoms with Crippen LogP contribution < -0.4 is 0 Å². The van der Waals surface area contributed by atoms with Gasteiger partial charge in [0.25, 0.3) is 0 Å². The molecule has 3 rings (SSSR count). The maximum Gasteiger partial charge on any atom is 0.150 e. The van der Waals surface area contributed by atoms with Gasteiger partial charge in [-0.1, -0.05) is 30.5 Å². The van der Waals surface area contributed by atoms with E-state index >= 15 is 0 Å². The minimum Gasteiger partial charge on any atom is -0.360 e. The summed E-state index contributed by atoms with van der Waals surface area (Å²) in [6, 6.07) is 5.58. The zero-order chi connectivity index (χ0) is 11.7. The number of rotatable bonds is 2. The van der Waals surface area contributed by atoms with Crippen LogP contribution in [0.3, 0.4) is 0 Å². The van der Waals surface area contributed by atoms with Crippen LogP contribution in [0.15, 0.2) is 22.7 Å². The number of nitrogens with zero attached hydrogens (tertiary/aromatic N) is 1. The van der Waals surface area contributed by atoms with Crippen molar-refractivity contribution in [2.75, 3.05) is 0 Å². The van der Waals surface area contributed by atoms with Crippen molar-refractivity contribution < 1.29 is 9.32 Å². The van der Waals surface area contributed by atoms with E-state index in [2.05, 4.69) is 5.16 Å². The third kappa shape index (κ3) is 1.86. The van der Waals surface area contributed by atoms with Gasteiger partial charge in [0, 0.05) is 16.9 Å². The molecule has 2 aromatic rings. The summed E-state index contributed by atoms with van der Waals surface area (Å²) >= 11 is 0. The average molecular weight is 229 g/mol. The summed E-state index contributed by atoms with van der Waals surface area (Å²) in [7, 11) is 0. The lowest BCUT2D eigenvalue weighted by atomic mass is 9.86. The molecule has 0 N–H and O–H groups in total. The van der Waals surface area contributed by atoms with Gasteiger partial charge in [0.1, 0.15) is 17.6 Å². The van der Waals surface area contributed by atoms with Gasteiger partial charge >= 0.3 is 0 Å². The maximum atomic E-state index is 10.7. The van der Waals surface area contributed by atoms with E-state index in [4.69, 9.17) is 4.52 Å². The number of aldehydes is 1. The third-order valence-corrected chi connectivity index (χ3v) is 3.64. The number of aromatic nitrogens is 1. The van der Waals surface area contributed by atoms with Gasteiger partial charge in [-0.2, -0.15) is 0 Å². The van der Waals surface area contributed by atoms with Crippen LogP contribution in [-0.4, -0.2) is 11.4 Å². The molecule has 0 spiro atoms. The van der Waals surface area contributed by atoms with E-state index in [-0.39, 0.29) is 0 Å². The minimum absolute atomic E-state index is 0.510. The largest absolute Gasteiger partial charge is 0.360 e. The third-order valence-electron chi connectivity index (χ3n) is 3.64. The Morgan fingerprint density at radius 2 is 2.06 bits per heavy atom. The van der Waals surface area contributed by atoms with Crippen molar-refractivity contribution in [3.05, 3.63) is 29.5 Å². The Hall–Kier alpha value is -1.64. The van der Waals surface area contributed by atoms with Crippen LogP contribution in [0.1, 0.15) is 54.1 Å². The molecule has 0 saturated heterocycles. The van der Waals surface area contributed by atoms with Crippen molar-refractivity contribution in [3.8, 4) is 0 Å². The Morgan fingerprint density at radius 1 is 1.24 bits per heavy atom. The second-order valence-electron chi connectivity index (χ2n) is 4.78. The van der Waals surface area contributed by atoms with Crippen molar-refractivity contribution in [3.63, 3.8) is 0 Å². The first-order valence-electron chi connectivity index (χ1n) is 6.23. The minimum atomic E-state index is 0.510. The quantitative estimate of drug-likeness (QED) is 0.737. The van der Waals surface area contributed by atoms with Crippen LogP contribution in [-0.2, 0) is 0 Å². The van der Waals surface area contributed by atoms with Gasteiger partial charge in [-0.3, -0.25) is 4.79 Å². The normalized spacial score (nSPS) is 17.4. The molecule has 1 saturated carbocycles. The van der Waals surface area contributed by atoms with Gasteiger partial charge < -0.3 is 4.52 Å². The second kappa shape index (κ2) is 4.32. The molecule has 0 bridgehead atoms. The fourth-order valence-corrected chi connectivity index (χ4v) is 2.71. The van der Waals surface area contributed by atoms with Gasteiger partial charge in [0.05, 0.1) is 0 Å². The van der Waals surface area contributed by atoms with E-state index in [0.717, 1.165) is 22.9 Å². The first kappa shape index (κ1) is 10.5. The van der Waals surface area contributed by atoms with Crippen LogP contribution in [0, 0.1) is 0 Å². The van der Waals surface area contributed by atoms with Crippen molar-refractivity contribution in [1.82, 2.24) is 5.16 Å². The average Bonchev–Trinajstić information content (AvgIpc) is 2.82. The molecule has 1 aliphatic rings. The van der Waals surface area contributed by atoms with E-state index in [9.17, 15) is 4.79 Å². The smallest absolute Gasteiger partial charge is 0.150 e. The van der Waals surface area contributed by atoms with Crippen molar-refractivity contribution >= 4 is 17.2 Å². The molecular formula is C14H15NO2. The Labute approximate surface area is 99.8 Å². The predicted molar refractivity (Wildman–Crippen MR) is 65.2 cm³/mol. The zero-order valence-corrected chi connectivity index (χ0v) is 9.69. The molecule has 88 valence electrons. The fraction of sp³-hybridized carbons (Fsp3) is 0.429. The molecule has 0 aliphatic heterocycles. The van der Waals surface area contributed by atoms with Crippen LogP contribution in [0.25, 0.3) is 10.9 Å². The molecule has 0 radical (unpaired) electrons. The Morgan fingerprint density at radius 3 is 2.82 bits per heavy atom. The van der Waals surface area contributed by atoms with Crippen LogP contribution in [0.4, 0.5) is 0 Å². The van der Waals surface area contributed by atoms with Gasteiger partial charge in [-0.25, -0.2) is 0 Å². The fourth-order valence-electron chi connectivity index (χ4n) is 2.71. The van der Waals surface area contributed by atoms with E-state index in [1.807, 2.05) is 12.1 Å². The highest BCUT2D eigenvalue weighted by molar-refractivity contribution is 5.87. The monoisotopic (exact) mass is 229 g/mol. The first-order valence-corrected chi connectivity index (χ1v) is 6.23. The summed E-state index contributed by atoms with van der Waals surface area (Å²) < 4.78 is 5.49. The van der Waals surface area contributed by atoms with Gasteiger partial charge in [0.2, 0.25) is 0 Å². The number of hydrogen-bond acceptors (Lipinski definition) is 3. The highest BCUT2D eigenvalue weighted by Gasteiger charge is 2.22. The summed E-state index contributed by atoms with van der Waals surface area (Å²) in [6.07, 6.45) is 7.12. The number of benzene rings is 1. The number of carbonyl (C=O) groups is 1. The molecular weight excluding hydrogens is 214 g/mol. The summed E-state index contributed by atoms with van der Waals surface area (Å²) in [5.41, 5.74) is 1.45. The number of carbonyl (C=O) groups excluding carboxylic acids is 1. The topological polar surface area (TPSA) is 43.1 Å². The number of hydrogen-bond donors (Lipinski definition) is 0.